The monoisotopic (exact) mass is 209 g/mol. The molecule has 0 spiro atoms. The van der Waals surface area contributed by atoms with Crippen LogP contribution in [0, 0.1) is 11.8 Å². The Morgan fingerprint density at radius 2 is 2.21 bits per heavy atom. The molecule has 3 atom stereocenters. The van der Waals surface area contributed by atoms with E-state index in [4.69, 9.17) is 11.6 Å². The molecule has 14 heavy (non-hydrogen) atoms. The molecule has 1 N–H and O–H groups in total. The van der Waals surface area contributed by atoms with Gasteiger partial charge in [0.1, 0.15) is 0 Å². The number of rotatable bonds is 3. The van der Waals surface area contributed by atoms with Crippen molar-refractivity contribution in [1.82, 2.24) is 0 Å². The summed E-state index contributed by atoms with van der Waals surface area (Å²) in [5.74, 6) is 1.73. The Morgan fingerprint density at radius 3 is 2.79 bits per heavy atom. The second-order valence-electron chi connectivity index (χ2n) is 4.32. The van der Waals surface area contributed by atoms with E-state index in [9.17, 15) is 0 Å². The largest absolute Gasteiger partial charge is 0.382 e. The van der Waals surface area contributed by atoms with Gasteiger partial charge in [0, 0.05) is 16.8 Å². The fraction of sp³-hybridized carbons (Fsp3) is 0.500. The summed E-state index contributed by atoms with van der Waals surface area (Å²) in [6, 6.07) is 8.48. The van der Waals surface area contributed by atoms with Crippen molar-refractivity contribution in [2.45, 2.75) is 26.3 Å². The van der Waals surface area contributed by atoms with E-state index in [1.165, 1.54) is 6.42 Å². The highest BCUT2D eigenvalue weighted by Gasteiger charge is 2.36. The van der Waals surface area contributed by atoms with E-state index in [1.807, 2.05) is 18.2 Å². The van der Waals surface area contributed by atoms with Crippen molar-refractivity contribution >= 4 is 17.3 Å². The third-order valence-electron chi connectivity index (χ3n) is 3.03. The Morgan fingerprint density at radius 1 is 1.50 bits per heavy atom. The van der Waals surface area contributed by atoms with Crippen LogP contribution in [-0.2, 0) is 0 Å². The van der Waals surface area contributed by atoms with Crippen LogP contribution in [-0.4, -0.2) is 6.04 Å². The number of hydrogen-bond donors (Lipinski definition) is 1. The number of nitrogens with one attached hydrogen (secondary N) is 1. The summed E-state index contributed by atoms with van der Waals surface area (Å²) in [6.07, 6.45) is 1.36. The first-order chi connectivity index (χ1) is 6.66. The van der Waals surface area contributed by atoms with E-state index in [0.29, 0.717) is 6.04 Å². The van der Waals surface area contributed by atoms with Gasteiger partial charge >= 0.3 is 0 Å². The molecule has 1 aliphatic carbocycles. The van der Waals surface area contributed by atoms with Crippen molar-refractivity contribution in [1.29, 1.82) is 0 Å². The fourth-order valence-corrected chi connectivity index (χ4v) is 2.19. The van der Waals surface area contributed by atoms with Crippen LogP contribution in [0.1, 0.15) is 20.3 Å². The molecule has 2 rings (SSSR count). The summed E-state index contributed by atoms with van der Waals surface area (Å²) in [5, 5.41) is 4.29. The molecule has 1 aliphatic rings. The maximum absolute atomic E-state index is 5.91. The molecule has 0 amide bonds. The van der Waals surface area contributed by atoms with Gasteiger partial charge in [0.05, 0.1) is 0 Å². The van der Waals surface area contributed by atoms with E-state index in [2.05, 4.69) is 25.2 Å². The average Bonchev–Trinajstić information content (AvgIpc) is 2.82. The van der Waals surface area contributed by atoms with Gasteiger partial charge in [-0.3, -0.25) is 0 Å². The Labute approximate surface area is 90.5 Å². The minimum Gasteiger partial charge on any atom is -0.382 e. The summed E-state index contributed by atoms with van der Waals surface area (Å²) in [7, 11) is 0. The summed E-state index contributed by atoms with van der Waals surface area (Å²) in [5.41, 5.74) is 1.13. The lowest BCUT2D eigenvalue weighted by Crippen LogP contribution is -2.18. The third kappa shape index (κ3) is 2.21. The normalized spacial score (nSPS) is 27.1. The molecule has 1 nitrogen and oxygen atoms in total. The van der Waals surface area contributed by atoms with Gasteiger partial charge in [-0.1, -0.05) is 24.6 Å². The molecule has 2 heteroatoms. The lowest BCUT2D eigenvalue weighted by molar-refractivity contribution is 0.645. The van der Waals surface area contributed by atoms with Crippen LogP contribution in [0.4, 0.5) is 5.69 Å². The van der Waals surface area contributed by atoms with E-state index in [0.717, 1.165) is 22.5 Å². The van der Waals surface area contributed by atoms with Gasteiger partial charge in [0.25, 0.3) is 0 Å². The topological polar surface area (TPSA) is 12.0 Å². The molecule has 0 aromatic heterocycles. The van der Waals surface area contributed by atoms with Crippen molar-refractivity contribution in [3.8, 4) is 0 Å². The lowest BCUT2D eigenvalue weighted by atomic mass is 10.1. The highest BCUT2D eigenvalue weighted by Crippen LogP contribution is 2.41. The fourth-order valence-electron chi connectivity index (χ4n) is 2.00. The molecule has 1 saturated carbocycles. The van der Waals surface area contributed by atoms with E-state index in [-0.39, 0.29) is 0 Å². The molecule has 3 unspecified atom stereocenters. The van der Waals surface area contributed by atoms with Crippen LogP contribution >= 0.6 is 11.6 Å². The average molecular weight is 210 g/mol. The Balaban J connectivity index is 1.96. The minimum atomic E-state index is 0.559. The molecule has 1 aromatic carbocycles. The van der Waals surface area contributed by atoms with Gasteiger partial charge in [0.15, 0.2) is 0 Å². The molecule has 0 radical (unpaired) electrons. The van der Waals surface area contributed by atoms with Gasteiger partial charge in [-0.15, -0.1) is 0 Å². The van der Waals surface area contributed by atoms with E-state index >= 15 is 0 Å². The number of benzene rings is 1. The molecular weight excluding hydrogens is 194 g/mol. The molecule has 76 valence electrons. The third-order valence-corrected chi connectivity index (χ3v) is 3.27. The first-order valence-electron chi connectivity index (χ1n) is 5.19. The predicted molar refractivity (Wildman–Crippen MR) is 61.8 cm³/mol. The first-order valence-corrected chi connectivity index (χ1v) is 5.56. The Kier molecular flexibility index (Phi) is 2.69. The van der Waals surface area contributed by atoms with Crippen molar-refractivity contribution in [2.75, 3.05) is 5.32 Å². The Bertz CT molecular complexity index is 324. The van der Waals surface area contributed by atoms with Gasteiger partial charge in [-0.2, -0.15) is 0 Å². The number of hydrogen-bond acceptors (Lipinski definition) is 1. The molecule has 0 aliphatic heterocycles. The zero-order valence-electron chi connectivity index (χ0n) is 8.63. The molecule has 0 bridgehead atoms. The van der Waals surface area contributed by atoms with E-state index < -0.39 is 0 Å². The van der Waals surface area contributed by atoms with Crippen LogP contribution in [0.2, 0.25) is 5.02 Å². The standard InChI is InChI=1S/C12H16ClN/c1-8-6-12(8)9(2)14-11-5-3-4-10(13)7-11/h3-5,7-9,12,14H,6H2,1-2H3. The van der Waals surface area contributed by atoms with Gasteiger partial charge in [-0.05, 0) is 43.4 Å². The first kappa shape index (κ1) is 9.85. The lowest BCUT2D eigenvalue weighted by Gasteiger charge is -2.14. The van der Waals surface area contributed by atoms with Gasteiger partial charge in [-0.25, -0.2) is 0 Å². The summed E-state index contributed by atoms with van der Waals surface area (Å²) in [4.78, 5) is 0. The van der Waals surface area contributed by atoms with Crippen LogP contribution in [0.5, 0.6) is 0 Å². The van der Waals surface area contributed by atoms with Crippen LogP contribution in [0.15, 0.2) is 24.3 Å². The minimum absolute atomic E-state index is 0.559. The van der Waals surface area contributed by atoms with Crippen LogP contribution in [0.25, 0.3) is 0 Å². The van der Waals surface area contributed by atoms with Crippen LogP contribution < -0.4 is 5.32 Å². The summed E-state index contributed by atoms with van der Waals surface area (Å²) in [6.45, 7) is 4.55. The quantitative estimate of drug-likeness (QED) is 0.799. The summed E-state index contributed by atoms with van der Waals surface area (Å²) < 4.78 is 0. The van der Waals surface area contributed by atoms with Crippen molar-refractivity contribution in [2.24, 2.45) is 11.8 Å². The molecule has 1 fully saturated rings. The zero-order chi connectivity index (χ0) is 10.1. The second kappa shape index (κ2) is 3.82. The maximum Gasteiger partial charge on any atom is 0.0426 e. The highest BCUT2D eigenvalue weighted by atomic mass is 35.5. The SMILES string of the molecule is CC1CC1C(C)Nc1cccc(Cl)c1. The van der Waals surface area contributed by atoms with Crippen molar-refractivity contribution in [3.05, 3.63) is 29.3 Å². The van der Waals surface area contributed by atoms with E-state index in [1.54, 1.807) is 0 Å². The molecular formula is C12H16ClN. The van der Waals surface area contributed by atoms with Crippen molar-refractivity contribution in [3.63, 3.8) is 0 Å². The maximum atomic E-state index is 5.91. The molecule has 0 heterocycles. The number of halogens is 1. The Hall–Kier alpha value is -0.690. The second-order valence-corrected chi connectivity index (χ2v) is 4.76. The number of anilines is 1. The molecule has 0 saturated heterocycles. The highest BCUT2D eigenvalue weighted by molar-refractivity contribution is 6.30. The van der Waals surface area contributed by atoms with Gasteiger partial charge < -0.3 is 5.32 Å². The zero-order valence-corrected chi connectivity index (χ0v) is 9.38. The van der Waals surface area contributed by atoms with Crippen LogP contribution in [0.3, 0.4) is 0 Å². The summed E-state index contributed by atoms with van der Waals surface area (Å²) >= 11 is 5.91. The van der Waals surface area contributed by atoms with Gasteiger partial charge in [0.2, 0.25) is 0 Å². The molecule has 1 aromatic rings. The van der Waals surface area contributed by atoms with Crippen molar-refractivity contribution < 1.29 is 0 Å². The predicted octanol–water partition coefficient (Wildman–Crippen LogP) is 3.80. The smallest absolute Gasteiger partial charge is 0.0426 e.